The lowest BCUT2D eigenvalue weighted by atomic mass is 10.2. The van der Waals surface area contributed by atoms with Gasteiger partial charge in [-0.1, -0.05) is 29.8 Å². The highest BCUT2D eigenvalue weighted by molar-refractivity contribution is 5.94. The molecule has 0 aliphatic heterocycles. The zero-order valence-electron chi connectivity index (χ0n) is 12.7. The lowest BCUT2D eigenvalue weighted by Crippen LogP contribution is -2.39. The van der Waals surface area contributed by atoms with Crippen LogP contribution in [0.2, 0.25) is 0 Å². The average molecular weight is 315 g/mol. The minimum Gasteiger partial charge on any atom is -0.334 e. The second-order valence-corrected chi connectivity index (χ2v) is 5.08. The van der Waals surface area contributed by atoms with Crippen molar-refractivity contribution in [1.82, 2.24) is 10.6 Å². The number of aryl methyl sites for hydroxylation is 1. The van der Waals surface area contributed by atoms with Crippen molar-refractivity contribution in [3.05, 3.63) is 65.5 Å². The maximum absolute atomic E-state index is 12.8. The van der Waals surface area contributed by atoms with Crippen LogP contribution in [0, 0.1) is 12.7 Å². The van der Waals surface area contributed by atoms with Crippen molar-refractivity contribution in [2.24, 2.45) is 0 Å². The molecule has 0 saturated heterocycles. The van der Waals surface area contributed by atoms with Crippen molar-refractivity contribution in [2.45, 2.75) is 13.5 Å². The topological polar surface area (TPSA) is 70.2 Å². The van der Waals surface area contributed by atoms with Crippen molar-refractivity contribution >= 4 is 17.6 Å². The van der Waals surface area contributed by atoms with E-state index in [0.717, 1.165) is 11.1 Å². The van der Waals surface area contributed by atoms with E-state index in [4.69, 9.17) is 0 Å². The van der Waals surface area contributed by atoms with Gasteiger partial charge >= 0.3 is 6.03 Å². The third kappa shape index (κ3) is 5.78. The van der Waals surface area contributed by atoms with Crippen LogP contribution in [0.25, 0.3) is 0 Å². The van der Waals surface area contributed by atoms with Crippen LogP contribution in [0.4, 0.5) is 14.9 Å². The zero-order valence-corrected chi connectivity index (χ0v) is 12.7. The molecule has 3 N–H and O–H groups in total. The Labute approximate surface area is 133 Å². The number of amides is 3. The van der Waals surface area contributed by atoms with Gasteiger partial charge in [0.05, 0.1) is 6.54 Å². The quantitative estimate of drug-likeness (QED) is 0.793. The molecule has 5 nitrogen and oxygen atoms in total. The van der Waals surface area contributed by atoms with Crippen LogP contribution in [-0.4, -0.2) is 18.5 Å². The van der Waals surface area contributed by atoms with Crippen LogP contribution < -0.4 is 16.0 Å². The number of hydrogen-bond donors (Lipinski definition) is 3. The summed E-state index contributed by atoms with van der Waals surface area (Å²) in [6.45, 7) is 2.08. The number of halogens is 1. The fraction of sp³-hybridized carbons (Fsp3) is 0.176. The summed E-state index contributed by atoms with van der Waals surface area (Å²) in [5.74, 6) is -0.642. The van der Waals surface area contributed by atoms with Crippen LogP contribution in [0.5, 0.6) is 0 Å². The van der Waals surface area contributed by atoms with E-state index in [2.05, 4.69) is 16.0 Å². The van der Waals surface area contributed by atoms with Gasteiger partial charge in [-0.2, -0.15) is 0 Å². The highest BCUT2D eigenvalue weighted by Gasteiger charge is 2.05. The average Bonchev–Trinajstić information content (AvgIpc) is 2.54. The predicted molar refractivity (Wildman–Crippen MR) is 86.4 cm³/mol. The molecule has 0 atom stereocenters. The second kappa shape index (κ2) is 7.93. The summed E-state index contributed by atoms with van der Waals surface area (Å²) in [5, 5.41) is 7.73. The maximum Gasteiger partial charge on any atom is 0.315 e. The van der Waals surface area contributed by atoms with Crippen molar-refractivity contribution < 1.29 is 14.0 Å². The van der Waals surface area contributed by atoms with E-state index in [1.807, 2.05) is 19.1 Å². The van der Waals surface area contributed by atoms with Crippen LogP contribution in [0.3, 0.4) is 0 Å². The van der Waals surface area contributed by atoms with E-state index in [0.29, 0.717) is 5.69 Å². The van der Waals surface area contributed by atoms with Crippen molar-refractivity contribution in [3.63, 3.8) is 0 Å². The molecule has 0 aliphatic rings. The van der Waals surface area contributed by atoms with Gasteiger partial charge in [0.2, 0.25) is 5.91 Å². The molecule has 0 aliphatic carbocycles. The Morgan fingerprint density at radius 1 is 0.957 bits per heavy atom. The number of carbonyl (C=O) groups is 2. The minimum atomic E-state index is -0.464. The number of rotatable bonds is 5. The smallest absolute Gasteiger partial charge is 0.315 e. The fourth-order valence-electron chi connectivity index (χ4n) is 1.85. The fourth-order valence-corrected chi connectivity index (χ4v) is 1.85. The van der Waals surface area contributed by atoms with Crippen molar-refractivity contribution in [2.75, 3.05) is 11.9 Å². The van der Waals surface area contributed by atoms with Gasteiger partial charge < -0.3 is 16.0 Å². The van der Waals surface area contributed by atoms with Gasteiger partial charge in [-0.25, -0.2) is 9.18 Å². The number of hydrogen-bond acceptors (Lipinski definition) is 2. The van der Waals surface area contributed by atoms with E-state index in [-0.39, 0.29) is 24.8 Å². The monoisotopic (exact) mass is 315 g/mol. The van der Waals surface area contributed by atoms with Gasteiger partial charge in [-0.05, 0) is 36.8 Å². The molecule has 0 spiro atoms. The van der Waals surface area contributed by atoms with E-state index in [9.17, 15) is 14.0 Å². The van der Waals surface area contributed by atoms with E-state index in [1.54, 1.807) is 24.3 Å². The number of urea groups is 1. The summed E-state index contributed by atoms with van der Waals surface area (Å²) in [5.41, 5.74) is 2.54. The molecule has 2 aromatic carbocycles. The molecule has 0 fully saturated rings. The third-order valence-corrected chi connectivity index (χ3v) is 3.11. The SMILES string of the molecule is Cc1ccc(NC(=O)CNC(=O)NCc2ccc(F)cc2)cc1. The molecule has 0 bridgehead atoms. The largest absolute Gasteiger partial charge is 0.334 e. The molecule has 0 aromatic heterocycles. The van der Waals surface area contributed by atoms with E-state index < -0.39 is 6.03 Å². The van der Waals surface area contributed by atoms with Crippen molar-refractivity contribution in [1.29, 1.82) is 0 Å². The molecule has 120 valence electrons. The van der Waals surface area contributed by atoms with Crippen LogP contribution in [0.1, 0.15) is 11.1 Å². The Kier molecular flexibility index (Phi) is 5.68. The van der Waals surface area contributed by atoms with E-state index in [1.165, 1.54) is 12.1 Å². The summed E-state index contributed by atoms with van der Waals surface area (Å²) < 4.78 is 12.8. The molecule has 2 aromatic rings. The number of nitrogens with one attached hydrogen (secondary N) is 3. The molecule has 6 heteroatoms. The first-order valence-electron chi connectivity index (χ1n) is 7.15. The Morgan fingerprint density at radius 3 is 2.26 bits per heavy atom. The minimum absolute atomic E-state index is 0.136. The summed E-state index contributed by atoms with van der Waals surface area (Å²) in [4.78, 5) is 23.3. The molecule has 0 heterocycles. The molecule has 23 heavy (non-hydrogen) atoms. The predicted octanol–water partition coefficient (Wildman–Crippen LogP) is 2.57. The Hall–Kier alpha value is -2.89. The zero-order chi connectivity index (χ0) is 16.7. The van der Waals surface area contributed by atoms with Crippen molar-refractivity contribution in [3.8, 4) is 0 Å². The highest BCUT2D eigenvalue weighted by atomic mass is 19.1. The number of anilines is 1. The normalized spacial score (nSPS) is 10.0. The number of benzene rings is 2. The Balaban J connectivity index is 1.70. The first-order chi connectivity index (χ1) is 11.0. The molecule has 3 amide bonds. The van der Waals surface area contributed by atoms with E-state index >= 15 is 0 Å². The Bertz CT molecular complexity index is 669. The van der Waals surface area contributed by atoms with Gasteiger partial charge in [-0.3, -0.25) is 4.79 Å². The molecular formula is C17H18FN3O2. The van der Waals surface area contributed by atoms with Crippen LogP contribution >= 0.6 is 0 Å². The van der Waals surface area contributed by atoms with Crippen LogP contribution in [0.15, 0.2) is 48.5 Å². The van der Waals surface area contributed by atoms with Gasteiger partial charge in [-0.15, -0.1) is 0 Å². The molecule has 0 saturated carbocycles. The first-order valence-corrected chi connectivity index (χ1v) is 7.15. The van der Waals surface area contributed by atoms with Gasteiger partial charge in [0.25, 0.3) is 0 Å². The highest BCUT2D eigenvalue weighted by Crippen LogP contribution is 2.07. The number of carbonyl (C=O) groups excluding carboxylic acids is 2. The van der Waals surface area contributed by atoms with Crippen LogP contribution in [-0.2, 0) is 11.3 Å². The van der Waals surface area contributed by atoms with Gasteiger partial charge in [0.1, 0.15) is 5.82 Å². The maximum atomic E-state index is 12.8. The summed E-state index contributed by atoms with van der Waals surface area (Å²) >= 11 is 0. The van der Waals surface area contributed by atoms with Gasteiger partial charge in [0.15, 0.2) is 0 Å². The standard InChI is InChI=1S/C17H18FN3O2/c1-12-2-8-15(9-3-12)21-16(22)11-20-17(23)19-10-13-4-6-14(18)7-5-13/h2-9H,10-11H2,1H3,(H,21,22)(H2,19,20,23). The second-order valence-electron chi connectivity index (χ2n) is 5.08. The molecule has 2 rings (SSSR count). The third-order valence-electron chi connectivity index (χ3n) is 3.11. The van der Waals surface area contributed by atoms with Gasteiger partial charge in [0, 0.05) is 12.2 Å². The molecular weight excluding hydrogens is 297 g/mol. The Morgan fingerprint density at radius 2 is 1.61 bits per heavy atom. The molecule has 0 unspecified atom stereocenters. The summed E-state index contributed by atoms with van der Waals surface area (Å²) in [6, 6.07) is 12.7. The lowest BCUT2D eigenvalue weighted by molar-refractivity contribution is -0.115. The summed E-state index contributed by atoms with van der Waals surface area (Å²) in [6.07, 6.45) is 0. The first kappa shape index (κ1) is 16.5. The summed E-state index contributed by atoms with van der Waals surface area (Å²) in [7, 11) is 0. The molecule has 0 radical (unpaired) electrons. The lowest BCUT2D eigenvalue weighted by Gasteiger charge is -2.09.